The summed E-state index contributed by atoms with van der Waals surface area (Å²) < 4.78 is 0. The van der Waals surface area contributed by atoms with Gasteiger partial charge in [-0.3, -0.25) is 4.79 Å². The Labute approximate surface area is 137 Å². The summed E-state index contributed by atoms with van der Waals surface area (Å²) in [5.74, 6) is 0.311. The number of quaternary nitrogens is 1. The van der Waals surface area contributed by atoms with E-state index in [2.05, 4.69) is 37.4 Å². The molecule has 2 aromatic rings. The number of nitrogens with zero attached hydrogens (tertiary/aromatic N) is 1. The molecule has 0 aliphatic rings. The van der Waals surface area contributed by atoms with Crippen LogP contribution in [0, 0.1) is 17.2 Å². The van der Waals surface area contributed by atoms with Crippen molar-refractivity contribution >= 4 is 11.6 Å². The Morgan fingerprint density at radius 1 is 1.13 bits per heavy atom. The summed E-state index contributed by atoms with van der Waals surface area (Å²) in [7, 11) is 0. The van der Waals surface area contributed by atoms with Crippen LogP contribution in [0.1, 0.15) is 31.0 Å². The molecular formula is C19H22N3O+. The van der Waals surface area contributed by atoms with Gasteiger partial charge in [0.05, 0.1) is 11.3 Å². The second-order valence-corrected chi connectivity index (χ2v) is 5.83. The minimum absolute atomic E-state index is 0.103. The molecule has 3 N–H and O–H groups in total. The van der Waals surface area contributed by atoms with E-state index in [1.807, 2.05) is 23.5 Å². The van der Waals surface area contributed by atoms with Crippen molar-refractivity contribution in [1.29, 1.82) is 5.26 Å². The summed E-state index contributed by atoms with van der Waals surface area (Å²) in [5.41, 5.74) is 2.26. The molecule has 0 saturated carbocycles. The fourth-order valence-electron chi connectivity index (χ4n) is 2.59. The van der Waals surface area contributed by atoms with Gasteiger partial charge in [-0.1, -0.05) is 56.3 Å². The molecule has 0 aromatic heterocycles. The van der Waals surface area contributed by atoms with Crippen LogP contribution in [0.3, 0.4) is 0 Å². The topological polar surface area (TPSA) is 69.5 Å². The first kappa shape index (κ1) is 16.7. The van der Waals surface area contributed by atoms with Crippen molar-refractivity contribution in [3.63, 3.8) is 0 Å². The van der Waals surface area contributed by atoms with Crippen LogP contribution in [0.4, 0.5) is 5.69 Å². The maximum absolute atomic E-state index is 12.2. The van der Waals surface area contributed by atoms with Gasteiger partial charge in [0.15, 0.2) is 6.54 Å². The van der Waals surface area contributed by atoms with E-state index in [0.29, 0.717) is 23.7 Å². The molecule has 2 aromatic carbocycles. The first-order valence-electron chi connectivity index (χ1n) is 7.79. The van der Waals surface area contributed by atoms with Gasteiger partial charge in [-0.2, -0.15) is 5.26 Å². The number of rotatable bonds is 6. The van der Waals surface area contributed by atoms with Gasteiger partial charge in [-0.05, 0) is 12.1 Å². The highest BCUT2D eigenvalue weighted by Gasteiger charge is 2.20. The van der Waals surface area contributed by atoms with E-state index in [9.17, 15) is 4.79 Å². The third-order valence-electron chi connectivity index (χ3n) is 3.78. The molecule has 1 amide bonds. The normalized spacial score (nSPS) is 11.7. The predicted molar refractivity (Wildman–Crippen MR) is 90.6 cm³/mol. The Kier molecular flexibility index (Phi) is 5.90. The van der Waals surface area contributed by atoms with Gasteiger partial charge in [0.1, 0.15) is 12.1 Å². The first-order chi connectivity index (χ1) is 11.1. The number of para-hydroxylation sites is 1. The average Bonchev–Trinajstić information content (AvgIpc) is 2.56. The van der Waals surface area contributed by atoms with E-state index in [-0.39, 0.29) is 11.9 Å². The van der Waals surface area contributed by atoms with Crippen molar-refractivity contribution < 1.29 is 10.1 Å². The lowest BCUT2D eigenvalue weighted by atomic mass is 9.96. The zero-order valence-corrected chi connectivity index (χ0v) is 13.5. The highest BCUT2D eigenvalue weighted by Crippen LogP contribution is 2.17. The highest BCUT2D eigenvalue weighted by atomic mass is 16.1. The molecule has 4 nitrogen and oxygen atoms in total. The summed E-state index contributed by atoms with van der Waals surface area (Å²) in [5, 5.41) is 13.9. The van der Waals surface area contributed by atoms with Crippen LogP contribution < -0.4 is 10.6 Å². The summed E-state index contributed by atoms with van der Waals surface area (Å²) in [4.78, 5) is 12.2. The largest absolute Gasteiger partial charge is 0.332 e. The van der Waals surface area contributed by atoms with Gasteiger partial charge in [0, 0.05) is 11.5 Å². The van der Waals surface area contributed by atoms with Gasteiger partial charge in [0.2, 0.25) is 0 Å². The molecule has 0 aliphatic carbocycles. The average molecular weight is 308 g/mol. The second-order valence-electron chi connectivity index (χ2n) is 5.83. The standard InChI is InChI=1S/C19H21N3O/c1-14(2)19(15-8-4-3-5-9-15)21-13-18(23)22-17-11-7-6-10-16(17)12-20/h3-11,14,19,21H,13H2,1-2H3,(H,22,23)/p+1/t19-/m1/s1. The monoisotopic (exact) mass is 308 g/mol. The van der Waals surface area contributed by atoms with Crippen molar-refractivity contribution in [2.45, 2.75) is 19.9 Å². The molecule has 118 valence electrons. The second kappa shape index (κ2) is 8.11. The summed E-state index contributed by atoms with van der Waals surface area (Å²) in [6.07, 6.45) is 0. The number of nitriles is 1. The Bertz CT molecular complexity index is 689. The molecule has 0 saturated heterocycles. The smallest absolute Gasteiger partial charge is 0.279 e. The highest BCUT2D eigenvalue weighted by molar-refractivity contribution is 5.92. The number of amides is 1. The number of carbonyl (C=O) groups is 1. The van der Waals surface area contributed by atoms with E-state index in [1.54, 1.807) is 24.3 Å². The van der Waals surface area contributed by atoms with Crippen molar-refractivity contribution in [3.8, 4) is 6.07 Å². The molecule has 0 unspecified atom stereocenters. The lowest BCUT2D eigenvalue weighted by molar-refractivity contribution is -0.692. The molecule has 0 fully saturated rings. The Hall–Kier alpha value is -2.64. The maximum Gasteiger partial charge on any atom is 0.279 e. The van der Waals surface area contributed by atoms with E-state index in [1.165, 1.54) is 5.56 Å². The third-order valence-corrected chi connectivity index (χ3v) is 3.78. The zero-order valence-electron chi connectivity index (χ0n) is 13.5. The molecule has 23 heavy (non-hydrogen) atoms. The molecule has 0 bridgehead atoms. The summed E-state index contributed by atoms with van der Waals surface area (Å²) in [6.45, 7) is 4.62. The summed E-state index contributed by atoms with van der Waals surface area (Å²) >= 11 is 0. The first-order valence-corrected chi connectivity index (χ1v) is 7.79. The molecule has 0 aliphatic heterocycles. The van der Waals surface area contributed by atoms with Crippen LogP contribution in [0.5, 0.6) is 0 Å². The van der Waals surface area contributed by atoms with E-state index in [4.69, 9.17) is 5.26 Å². The molecular weight excluding hydrogens is 286 g/mol. The fraction of sp³-hybridized carbons (Fsp3) is 0.263. The summed E-state index contributed by atoms with van der Waals surface area (Å²) in [6, 6.07) is 19.5. The van der Waals surface area contributed by atoms with Crippen molar-refractivity contribution in [2.75, 3.05) is 11.9 Å². The lowest BCUT2D eigenvalue weighted by Crippen LogP contribution is -2.88. The van der Waals surface area contributed by atoms with E-state index < -0.39 is 0 Å². The van der Waals surface area contributed by atoms with Crippen LogP contribution >= 0.6 is 0 Å². The van der Waals surface area contributed by atoms with Gasteiger partial charge in [-0.15, -0.1) is 0 Å². The molecule has 0 heterocycles. The van der Waals surface area contributed by atoms with Crippen molar-refractivity contribution in [1.82, 2.24) is 0 Å². The number of anilines is 1. The molecule has 1 atom stereocenters. The predicted octanol–water partition coefficient (Wildman–Crippen LogP) is 2.46. The SMILES string of the molecule is CC(C)[C@@H]([NH2+]CC(=O)Nc1ccccc1C#N)c1ccccc1. The Morgan fingerprint density at radius 3 is 2.43 bits per heavy atom. The van der Waals surface area contributed by atoms with Gasteiger partial charge in [-0.25, -0.2) is 0 Å². The Morgan fingerprint density at radius 2 is 1.78 bits per heavy atom. The minimum Gasteiger partial charge on any atom is -0.332 e. The van der Waals surface area contributed by atoms with Crippen molar-refractivity contribution in [3.05, 3.63) is 65.7 Å². The number of benzene rings is 2. The van der Waals surface area contributed by atoms with Crippen LogP contribution in [0.2, 0.25) is 0 Å². The number of hydrogen-bond donors (Lipinski definition) is 2. The number of nitrogens with two attached hydrogens (primary N) is 1. The molecule has 2 rings (SSSR count). The molecule has 0 radical (unpaired) electrons. The van der Waals surface area contributed by atoms with Gasteiger partial charge in [0.25, 0.3) is 5.91 Å². The molecule has 4 heteroatoms. The minimum atomic E-state index is -0.103. The van der Waals surface area contributed by atoms with E-state index >= 15 is 0 Å². The quantitative estimate of drug-likeness (QED) is 0.860. The number of nitrogens with one attached hydrogen (secondary N) is 1. The van der Waals surface area contributed by atoms with Crippen LogP contribution in [-0.4, -0.2) is 12.5 Å². The van der Waals surface area contributed by atoms with Crippen LogP contribution in [-0.2, 0) is 4.79 Å². The fourth-order valence-corrected chi connectivity index (χ4v) is 2.59. The van der Waals surface area contributed by atoms with E-state index in [0.717, 1.165) is 0 Å². The maximum atomic E-state index is 12.2. The zero-order chi connectivity index (χ0) is 16.7. The van der Waals surface area contributed by atoms with Gasteiger partial charge >= 0.3 is 0 Å². The number of hydrogen-bond acceptors (Lipinski definition) is 2. The van der Waals surface area contributed by atoms with Gasteiger partial charge < -0.3 is 10.6 Å². The third kappa shape index (κ3) is 4.67. The van der Waals surface area contributed by atoms with Crippen LogP contribution in [0.25, 0.3) is 0 Å². The van der Waals surface area contributed by atoms with Crippen molar-refractivity contribution in [2.24, 2.45) is 5.92 Å². The lowest BCUT2D eigenvalue weighted by Gasteiger charge is -2.19. The number of carbonyl (C=O) groups excluding carboxylic acids is 1. The Balaban J connectivity index is 1.99. The molecule has 0 spiro atoms. The van der Waals surface area contributed by atoms with Crippen LogP contribution in [0.15, 0.2) is 54.6 Å².